The molecule has 0 heterocycles. The minimum atomic E-state index is -1.30. The van der Waals surface area contributed by atoms with Gasteiger partial charge in [0.15, 0.2) is 6.10 Å². The predicted molar refractivity (Wildman–Crippen MR) is 53.3 cm³/mol. The second-order valence-corrected chi connectivity index (χ2v) is 3.76. The number of carbonyl (C=O) groups is 1. The van der Waals surface area contributed by atoms with Crippen LogP contribution in [0.5, 0.6) is 0 Å². The van der Waals surface area contributed by atoms with Crippen molar-refractivity contribution in [3.8, 4) is 0 Å². The van der Waals surface area contributed by atoms with E-state index < -0.39 is 12.0 Å². The fourth-order valence-electron chi connectivity index (χ4n) is 0.877. The molecule has 3 nitrogen and oxygen atoms in total. The SMILES string of the molecule is NC(=O)C(O)c1ccc(Cl)cc1Br. The number of amides is 1. The molecule has 0 radical (unpaired) electrons. The Morgan fingerprint density at radius 1 is 1.62 bits per heavy atom. The quantitative estimate of drug-likeness (QED) is 0.852. The Hall–Kier alpha value is -0.580. The van der Waals surface area contributed by atoms with Gasteiger partial charge in [-0.05, 0) is 12.1 Å². The first-order valence-corrected chi connectivity index (χ1v) is 4.62. The molecule has 0 aliphatic heterocycles. The lowest BCUT2D eigenvalue weighted by molar-refractivity contribution is -0.126. The van der Waals surface area contributed by atoms with Crippen LogP contribution in [0.25, 0.3) is 0 Å². The average Bonchev–Trinajstić information content (AvgIpc) is 2.03. The monoisotopic (exact) mass is 263 g/mol. The van der Waals surface area contributed by atoms with E-state index in [9.17, 15) is 9.90 Å². The number of primary amides is 1. The average molecular weight is 265 g/mol. The first-order valence-electron chi connectivity index (χ1n) is 3.44. The molecule has 5 heteroatoms. The van der Waals surface area contributed by atoms with Gasteiger partial charge in [-0.15, -0.1) is 0 Å². The van der Waals surface area contributed by atoms with Crippen LogP contribution >= 0.6 is 27.5 Å². The summed E-state index contributed by atoms with van der Waals surface area (Å²) in [7, 11) is 0. The highest BCUT2D eigenvalue weighted by atomic mass is 79.9. The van der Waals surface area contributed by atoms with Crippen molar-refractivity contribution in [3.05, 3.63) is 33.3 Å². The molecule has 0 aliphatic carbocycles. The van der Waals surface area contributed by atoms with Crippen LogP contribution in [0.4, 0.5) is 0 Å². The molecule has 70 valence electrons. The topological polar surface area (TPSA) is 63.3 Å². The predicted octanol–water partition coefficient (Wildman–Crippen LogP) is 1.62. The summed E-state index contributed by atoms with van der Waals surface area (Å²) in [6, 6.07) is 4.71. The molecule has 0 bridgehead atoms. The number of aliphatic hydroxyl groups excluding tert-OH is 1. The van der Waals surface area contributed by atoms with Gasteiger partial charge in [0.05, 0.1) is 0 Å². The summed E-state index contributed by atoms with van der Waals surface area (Å²) < 4.78 is 0.561. The van der Waals surface area contributed by atoms with Gasteiger partial charge in [-0.3, -0.25) is 4.79 Å². The molecule has 0 spiro atoms. The van der Waals surface area contributed by atoms with Crippen LogP contribution in [0, 0.1) is 0 Å². The van der Waals surface area contributed by atoms with E-state index in [1.165, 1.54) is 0 Å². The molecule has 0 saturated carbocycles. The van der Waals surface area contributed by atoms with E-state index in [0.29, 0.717) is 15.1 Å². The van der Waals surface area contributed by atoms with Crippen molar-refractivity contribution >= 4 is 33.4 Å². The lowest BCUT2D eigenvalue weighted by Crippen LogP contribution is -2.21. The Morgan fingerprint density at radius 3 is 2.69 bits per heavy atom. The zero-order chi connectivity index (χ0) is 10.0. The van der Waals surface area contributed by atoms with Crippen LogP contribution in [-0.2, 0) is 4.79 Å². The highest BCUT2D eigenvalue weighted by molar-refractivity contribution is 9.10. The third-order valence-corrected chi connectivity index (χ3v) is 2.45. The molecule has 1 amide bonds. The van der Waals surface area contributed by atoms with E-state index in [-0.39, 0.29) is 0 Å². The third kappa shape index (κ3) is 2.43. The molecular weight excluding hydrogens is 257 g/mol. The highest BCUT2D eigenvalue weighted by Crippen LogP contribution is 2.26. The number of hydrogen-bond acceptors (Lipinski definition) is 2. The molecular formula is C8H7BrClNO2. The number of carbonyl (C=O) groups excluding carboxylic acids is 1. The normalized spacial score (nSPS) is 12.5. The van der Waals surface area contributed by atoms with Gasteiger partial charge in [0.2, 0.25) is 0 Å². The van der Waals surface area contributed by atoms with Gasteiger partial charge in [0.1, 0.15) is 0 Å². The summed E-state index contributed by atoms with van der Waals surface area (Å²) in [5.74, 6) is -0.789. The summed E-state index contributed by atoms with van der Waals surface area (Å²) in [5, 5.41) is 9.84. The maximum Gasteiger partial charge on any atom is 0.250 e. The van der Waals surface area contributed by atoms with Gasteiger partial charge < -0.3 is 10.8 Å². The van der Waals surface area contributed by atoms with Crippen LogP contribution < -0.4 is 5.73 Å². The number of rotatable bonds is 2. The number of benzene rings is 1. The number of nitrogens with two attached hydrogens (primary N) is 1. The van der Waals surface area contributed by atoms with Gasteiger partial charge in [0.25, 0.3) is 5.91 Å². The van der Waals surface area contributed by atoms with Crippen LogP contribution in [-0.4, -0.2) is 11.0 Å². The van der Waals surface area contributed by atoms with Crippen LogP contribution in [0.2, 0.25) is 5.02 Å². The second-order valence-electron chi connectivity index (χ2n) is 2.47. The highest BCUT2D eigenvalue weighted by Gasteiger charge is 2.16. The first kappa shape index (κ1) is 10.5. The maximum absolute atomic E-state index is 10.7. The molecule has 1 aromatic carbocycles. The molecule has 1 aromatic rings. The lowest BCUT2D eigenvalue weighted by Gasteiger charge is -2.08. The van der Waals surface area contributed by atoms with Crippen molar-refractivity contribution in [2.75, 3.05) is 0 Å². The largest absolute Gasteiger partial charge is 0.378 e. The van der Waals surface area contributed by atoms with Crippen LogP contribution in [0.1, 0.15) is 11.7 Å². The maximum atomic E-state index is 10.7. The Labute approximate surface area is 88.6 Å². The summed E-state index contributed by atoms with van der Waals surface area (Å²) in [5.41, 5.74) is 5.35. The zero-order valence-electron chi connectivity index (χ0n) is 6.50. The van der Waals surface area contributed by atoms with Gasteiger partial charge in [-0.1, -0.05) is 33.6 Å². The van der Waals surface area contributed by atoms with Crippen molar-refractivity contribution in [3.63, 3.8) is 0 Å². The van der Waals surface area contributed by atoms with E-state index >= 15 is 0 Å². The van der Waals surface area contributed by atoms with Crippen LogP contribution in [0.3, 0.4) is 0 Å². The van der Waals surface area contributed by atoms with Gasteiger partial charge in [-0.25, -0.2) is 0 Å². The fourth-order valence-corrected chi connectivity index (χ4v) is 1.78. The minimum Gasteiger partial charge on any atom is -0.378 e. The van der Waals surface area contributed by atoms with E-state index in [4.69, 9.17) is 17.3 Å². The van der Waals surface area contributed by atoms with Crippen molar-refractivity contribution in [2.45, 2.75) is 6.10 Å². The Morgan fingerprint density at radius 2 is 2.23 bits per heavy atom. The Kier molecular flexibility index (Phi) is 3.30. The van der Waals surface area contributed by atoms with E-state index in [2.05, 4.69) is 15.9 Å². The molecule has 3 N–H and O–H groups in total. The summed E-state index contributed by atoms with van der Waals surface area (Å²) >= 11 is 8.84. The molecule has 1 rings (SSSR count). The third-order valence-electron chi connectivity index (χ3n) is 1.53. The van der Waals surface area contributed by atoms with Crippen molar-refractivity contribution in [1.29, 1.82) is 0 Å². The van der Waals surface area contributed by atoms with Crippen LogP contribution in [0.15, 0.2) is 22.7 Å². The zero-order valence-corrected chi connectivity index (χ0v) is 8.84. The number of hydrogen-bond donors (Lipinski definition) is 2. The summed E-state index contributed by atoms with van der Waals surface area (Å²) in [6.45, 7) is 0. The second kappa shape index (κ2) is 4.09. The van der Waals surface area contributed by atoms with E-state index in [1.807, 2.05) is 0 Å². The molecule has 0 aliphatic rings. The standard InChI is InChI=1S/C8H7BrClNO2/c9-6-3-4(10)1-2-5(6)7(12)8(11)13/h1-3,7,12H,(H2,11,13). The summed E-state index contributed by atoms with van der Waals surface area (Å²) in [6.07, 6.45) is -1.30. The molecule has 0 saturated heterocycles. The molecule has 1 atom stereocenters. The van der Waals surface area contributed by atoms with Gasteiger partial charge >= 0.3 is 0 Å². The fraction of sp³-hybridized carbons (Fsp3) is 0.125. The number of halogens is 2. The number of aliphatic hydroxyl groups is 1. The molecule has 13 heavy (non-hydrogen) atoms. The van der Waals surface area contributed by atoms with Crippen molar-refractivity contribution in [1.82, 2.24) is 0 Å². The lowest BCUT2D eigenvalue weighted by atomic mass is 10.1. The first-order chi connectivity index (χ1) is 6.02. The van der Waals surface area contributed by atoms with Gasteiger partial charge in [-0.2, -0.15) is 0 Å². The van der Waals surface area contributed by atoms with E-state index in [0.717, 1.165) is 0 Å². The smallest absolute Gasteiger partial charge is 0.250 e. The van der Waals surface area contributed by atoms with Crippen molar-refractivity contribution in [2.24, 2.45) is 5.73 Å². The minimum absolute atomic E-state index is 0.414. The Balaban J connectivity index is 3.08. The molecule has 0 aromatic heterocycles. The molecule has 1 unspecified atom stereocenters. The van der Waals surface area contributed by atoms with E-state index in [1.54, 1.807) is 18.2 Å². The Bertz CT molecular complexity index is 343. The summed E-state index contributed by atoms with van der Waals surface area (Å²) in [4.78, 5) is 10.7. The molecule has 0 fully saturated rings. The van der Waals surface area contributed by atoms with Crippen molar-refractivity contribution < 1.29 is 9.90 Å². The van der Waals surface area contributed by atoms with Gasteiger partial charge in [0, 0.05) is 15.1 Å².